The first-order chi connectivity index (χ1) is 15.2. The van der Waals surface area contributed by atoms with Crippen molar-refractivity contribution in [1.82, 2.24) is 0 Å². The predicted molar refractivity (Wildman–Crippen MR) is 126 cm³/mol. The van der Waals surface area contributed by atoms with E-state index in [1.54, 1.807) is 54.6 Å². The molecule has 1 N–H and O–H groups in total. The minimum absolute atomic E-state index is 0.321. The number of para-hydroxylation sites is 1. The van der Waals surface area contributed by atoms with E-state index in [-0.39, 0.29) is 0 Å². The molecule has 9 heteroatoms. The summed E-state index contributed by atoms with van der Waals surface area (Å²) in [6.45, 7) is 1.50. The molecule has 0 radical (unpaired) electrons. The Morgan fingerprint density at radius 3 is 2.25 bits per heavy atom. The van der Waals surface area contributed by atoms with Gasteiger partial charge in [-0.05, 0) is 61.5 Å². The molecule has 1 atom stereocenters. The largest absolute Gasteiger partial charge is 0.497 e. The van der Waals surface area contributed by atoms with Crippen LogP contribution in [0.25, 0.3) is 0 Å². The fourth-order valence-corrected chi connectivity index (χ4v) is 4.43. The zero-order valence-corrected chi connectivity index (χ0v) is 19.4. The summed E-state index contributed by atoms with van der Waals surface area (Å²) in [6.07, 6.45) is 1.05. The minimum Gasteiger partial charge on any atom is -0.497 e. The molecule has 0 fully saturated rings. The number of rotatable bonds is 8. The molecule has 0 aliphatic heterocycles. The van der Waals surface area contributed by atoms with Crippen LogP contribution in [0.2, 0.25) is 5.02 Å². The number of ether oxygens (including phenoxy) is 2. The fourth-order valence-electron chi connectivity index (χ4n) is 3.08. The van der Waals surface area contributed by atoms with E-state index in [1.165, 1.54) is 14.0 Å². The van der Waals surface area contributed by atoms with Gasteiger partial charge in [-0.15, -0.1) is 0 Å². The Balaban J connectivity index is 1.88. The first-order valence-electron chi connectivity index (χ1n) is 9.66. The summed E-state index contributed by atoms with van der Waals surface area (Å²) in [5, 5.41) is 3.13. The average Bonchev–Trinajstić information content (AvgIpc) is 2.76. The number of hydrogen-bond acceptors (Lipinski definition) is 5. The van der Waals surface area contributed by atoms with Crippen LogP contribution in [0.15, 0.2) is 72.8 Å². The Labute approximate surface area is 192 Å². The van der Waals surface area contributed by atoms with Gasteiger partial charge in [-0.1, -0.05) is 29.8 Å². The minimum atomic E-state index is -3.77. The standard InChI is InChI=1S/C23H23ClN2O5S/c1-16(26(32(3,28)29)18-10-12-19(30-2)13-11-18)23(27)25-21-15-17(24)9-14-22(21)31-20-7-5-4-6-8-20/h4-16H,1-3H3,(H,25,27)/t16-/m0/s1. The van der Waals surface area contributed by atoms with Crippen molar-refractivity contribution in [3.63, 3.8) is 0 Å². The van der Waals surface area contributed by atoms with E-state index in [2.05, 4.69) is 5.32 Å². The Hall–Kier alpha value is -3.23. The monoisotopic (exact) mass is 474 g/mol. The first-order valence-corrected chi connectivity index (χ1v) is 11.9. The normalized spacial score (nSPS) is 12.0. The number of nitrogens with one attached hydrogen (secondary N) is 1. The van der Waals surface area contributed by atoms with Crippen molar-refractivity contribution >= 4 is 38.9 Å². The van der Waals surface area contributed by atoms with Crippen LogP contribution in [0, 0.1) is 0 Å². The van der Waals surface area contributed by atoms with E-state index < -0.39 is 22.0 Å². The SMILES string of the molecule is COc1ccc(N([C@@H](C)C(=O)Nc2cc(Cl)ccc2Oc2ccccc2)S(C)(=O)=O)cc1. The van der Waals surface area contributed by atoms with Gasteiger partial charge in [-0.25, -0.2) is 8.42 Å². The quantitative estimate of drug-likeness (QED) is 0.500. The number of amides is 1. The summed E-state index contributed by atoms with van der Waals surface area (Å²) in [7, 11) is -2.25. The van der Waals surface area contributed by atoms with Crippen molar-refractivity contribution < 1.29 is 22.7 Å². The van der Waals surface area contributed by atoms with Crippen molar-refractivity contribution in [1.29, 1.82) is 0 Å². The van der Waals surface area contributed by atoms with Crippen LogP contribution in [-0.2, 0) is 14.8 Å². The van der Waals surface area contributed by atoms with Gasteiger partial charge in [0, 0.05) is 5.02 Å². The molecule has 0 spiro atoms. The lowest BCUT2D eigenvalue weighted by Crippen LogP contribution is -2.45. The van der Waals surface area contributed by atoms with E-state index in [1.807, 2.05) is 18.2 Å². The number of hydrogen-bond donors (Lipinski definition) is 1. The van der Waals surface area contributed by atoms with Gasteiger partial charge in [0.25, 0.3) is 0 Å². The molecule has 3 rings (SSSR count). The molecule has 0 aliphatic rings. The van der Waals surface area contributed by atoms with Gasteiger partial charge in [0.15, 0.2) is 5.75 Å². The van der Waals surface area contributed by atoms with Crippen LogP contribution in [-0.4, -0.2) is 33.7 Å². The molecule has 0 heterocycles. The molecule has 32 heavy (non-hydrogen) atoms. The van der Waals surface area contributed by atoms with Gasteiger partial charge in [0.05, 0.1) is 24.7 Å². The van der Waals surface area contributed by atoms with Crippen LogP contribution < -0.4 is 19.1 Å². The molecule has 0 saturated carbocycles. The third kappa shape index (κ3) is 5.72. The van der Waals surface area contributed by atoms with E-state index in [9.17, 15) is 13.2 Å². The highest BCUT2D eigenvalue weighted by molar-refractivity contribution is 7.92. The molecule has 0 bridgehead atoms. The Morgan fingerprint density at radius 1 is 1.00 bits per heavy atom. The van der Waals surface area contributed by atoms with Crippen LogP contribution in [0.1, 0.15) is 6.92 Å². The zero-order valence-electron chi connectivity index (χ0n) is 17.8. The molecule has 168 valence electrons. The van der Waals surface area contributed by atoms with E-state index in [4.69, 9.17) is 21.1 Å². The summed E-state index contributed by atoms with van der Waals surface area (Å²) >= 11 is 6.12. The fraction of sp³-hybridized carbons (Fsp3) is 0.174. The summed E-state index contributed by atoms with van der Waals surface area (Å²) < 4.78 is 37.1. The number of carbonyl (C=O) groups is 1. The van der Waals surface area contributed by atoms with E-state index >= 15 is 0 Å². The van der Waals surface area contributed by atoms with Crippen molar-refractivity contribution in [3.05, 3.63) is 77.8 Å². The van der Waals surface area contributed by atoms with Gasteiger partial charge < -0.3 is 14.8 Å². The lowest BCUT2D eigenvalue weighted by atomic mass is 10.2. The van der Waals surface area contributed by atoms with Crippen molar-refractivity contribution in [2.75, 3.05) is 23.0 Å². The lowest BCUT2D eigenvalue weighted by molar-refractivity contribution is -0.116. The van der Waals surface area contributed by atoms with Crippen molar-refractivity contribution in [2.45, 2.75) is 13.0 Å². The van der Waals surface area contributed by atoms with Gasteiger partial charge in [0.2, 0.25) is 15.9 Å². The van der Waals surface area contributed by atoms with Crippen molar-refractivity contribution in [3.8, 4) is 17.2 Å². The number of methoxy groups -OCH3 is 1. The van der Waals surface area contributed by atoms with Crippen LogP contribution >= 0.6 is 11.6 Å². The second-order valence-corrected chi connectivity index (χ2v) is 9.27. The Bertz CT molecular complexity index is 1180. The first kappa shape index (κ1) is 23.4. The summed E-state index contributed by atoms with van der Waals surface area (Å²) in [5.74, 6) is 0.971. The maximum atomic E-state index is 13.1. The zero-order chi connectivity index (χ0) is 23.3. The highest BCUT2D eigenvalue weighted by Gasteiger charge is 2.29. The number of benzene rings is 3. The molecule has 7 nitrogen and oxygen atoms in total. The van der Waals surface area contributed by atoms with Crippen LogP contribution in [0.3, 0.4) is 0 Å². The lowest BCUT2D eigenvalue weighted by Gasteiger charge is -2.28. The topological polar surface area (TPSA) is 84.9 Å². The molecular weight excluding hydrogens is 452 g/mol. The second kappa shape index (κ2) is 9.93. The second-order valence-electron chi connectivity index (χ2n) is 6.98. The summed E-state index contributed by atoms with van der Waals surface area (Å²) in [5.41, 5.74) is 0.657. The molecule has 0 unspecified atom stereocenters. The number of sulfonamides is 1. The number of halogens is 1. The maximum Gasteiger partial charge on any atom is 0.248 e. The van der Waals surface area contributed by atoms with Gasteiger partial charge >= 0.3 is 0 Å². The molecule has 1 amide bonds. The average molecular weight is 475 g/mol. The number of anilines is 2. The third-order valence-corrected chi connectivity index (χ3v) is 6.06. The predicted octanol–water partition coefficient (Wildman–Crippen LogP) is 4.93. The molecule has 0 aliphatic carbocycles. The molecule has 0 aromatic heterocycles. The number of nitrogens with zero attached hydrogens (tertiary/aromatic N) is 1. The summed E-state index contributed by atoms with van der Waals surface area (Å²) in [6, 6.07) is 19.2. The molecular formula is C23H23ClN2O5S. The highest BCUT2D eigenvalue weighted by Crippen LogP contribution is 2.33. The highest BCUT2D eigenvalue weighted by atomic mass is 35.5. The number of carbonyl (C=O) groups excluding carboxylic acids is 1. The Kier molecular flexibility index (Phi) is 7.27. The Morgan fingerprint density at radius 2 is 1.66 bits per heavy atom. The molecule has 3 aromatic carbocycles. The third-order valence-electron chi connectivity index (χ3n) is 4.59. The summed E-state index contributed by atoms with van der Waals surface area (Å²) in [4.78, 5) is 13.1. The van der Waals surface area contributed by atoms with Gasteiger partial charge in [-0.2, -0.15) is 0 Å². The maximum absolute atomic E-state index is 13.1. The molecule has 3 aromatic rings. The van der Waals surface area contributed by atoms with Crippen molar-refractivity contribution in [2.24, 2.45) is 0 Å². The van der Waals surface area contributed by atoms with Gasteiger partial charge in [0.1, 0.15) is 17.5 Å². The van der Waals surface area contributed by atoms with Crippen LogP contribution in [0.4, 0.5) is 11.4 Å². The molecule has 0 saturated heterocycles. The van der Waals surface area contributed by atoms with E-state index in [0.29, 0.717) is 33.6 Å². The smallest absolute Gasteiger partial charge is 0.248 e. The van der Waals surface area contributed by atoms with Gasteiger partial charge in [-0.3, -0.25) is 9.10 Å². The van der Waals surface area contributed by atoms with E-state index in [0.717, 1.165) is 10.6 Å². The van der Waals surface area contributed by atoms with Crippen LogP contribution in [0.5, 0.6) is 17.2 Å².